The van der Waals surface area contributed by atoms with Crippen LogP contribution in [0, 0.1) is 0 Å². The van der Waals surface area contributed by atoms with Crippen molar-refractivity contribution in [2.75, 3.05) is 31.2 Å². The third-order valence-corrected chi connectivity index (χ3v) is 4.22. The molecule has 2 aromatic heterocycles. The molecular formula is C16H23N5O2. The molecule has 0 radical (unpaired) electrons. The first-order chi connectivity index (χ1) is 11.3. The van der Waals surface area contributed by atoms with Gasteiger partial charge in [0.1, 0.15) is 12.1 Å². The van der Waals surface area contributed by atoms with Gasteiger partial charge in [0.25, 0.3) is 0 Å². The molecule has 0 aromatic carbocycles. The maximum absolute atomic E-state index is 9.13. The lowest BCUT2D eigenvalue weighted by molar-refractivity contribution is 0.265. The normalized spacial score (nSPS) is 15.8. The summed E-state index contributed by atoms with van der Waals surface area (Å²) in [6.07, 6.45) is 5.47. The van der Waals surface area contributed by atoms with Crippen molar-refractivity contribution in [3.63, 3.8) is 0 Å². The second kappa shape index (κ2) is 7.41. The summed E-state index contributed by atoms with van der Waals surface area (Å²) in [6.45, 7) is 5.12. The van der Waals surface area contributed by atoms with E-state index in [0.29, 0.717) is 24.9 Å². The van der Waals surface area contributed by atoms with E-state index < -0.39 is 0 Å². The van der Waals surface area contributed by atoms with Crippen LogP contribution in [0.3, 0.4) is 0 Å². The summed E-state index contributed by atoms with van der Waals surface area (Å²) in [5.41, 5.74) is 1.22. The zero-order chi connectivity index (χ0) is 16.1. The molecule has 0 amide bonds. The molecule has 0 unspecified atom stereocenters. The van der Waals surface area contributed by atoms with Gasteiger partial charge in [-0.05, 0) is 25.8 Å². The van der Waals surface area contributed by atoms with Crippen molar-refractivity contribution in [3.8, 4) is 5.88 Å². The fourth-order valence-electron chi connectivity index (χ4n) is 3.11. The number of aliphatic hydroxyl groups excluding tert-OH is 1. The Morgan fingerprint density at radius 1 is 1.30 bits per heavy atom. The second-order valence-corrected chi connectivity index (χ2v) is 5.61. The van der Waals surface area contributed by atoms with E-state index in [4.69, 9.17) is 9.84 Å². The Labute approximate surface area is 135 Å². The maximum atomic E-state index is 9.13. The number of rotatable bonds is 6. The first-order valence-corrected chi connectivity index (χ1v) is 8.14. The molecule has 1 aliphatic rings. The van der Waals surface area contributed by atoms with Crippen LogP contribution in [0.2, 0.25) is 0 Å². The van der Waals surface area contributed by atoms with Gasteiger partial charge in [-0.3, -0.25) is 4.68 Å². The summed E-state index contributed by atoms with van der Waals surface area (Å²) in [7, 11) is 0. The van der Waals surface area contributed by atoms with Crippen LogP contribution in [0.25, 0.3) is 0 Å². The number of anilines is 1. The van der Waals surface area contributed by atoms with Crippen molar-refractivity contribution < 1.29 is 9.84 Å². The molecule has 7 heteroatoms. The second-order valence-electron chi connectivity index (χ2n) is 5.61. The Morgan fingerprint density at radius 2 is 2.13 bits per heavy atom. The molecular weight excluding hydrogens is 294 g/mol. The third-order valence-electron chi connectivity index (χ3n) is 4.22. The van der Waals surface area contributed by atoms with Crippen LogP contribution in [0.1, 0.15) is 31.4 Å². The first-order valence-electron chi connectivity index (χ1n) is 8.14. The number of nitrogens with zero attached hydrogens (tertiary/aromatic N) is 5. The quantitative estimate of drug-likeness (QED) is 0.869. The van der Waals surface area contributed by atoms with E-state index in [1.54, 1.807) is 6.33 Å². The average Bonchev–Trinajstić information content (AvgIpc) is 3.04. The fourth-order valence-corrected chi connectivity index (χ4v) is 3.11. The minimum Gasteiger partial charge on any atom is -0.478 e. The van der Waals surface area contributed by atoms with Crippen LogP contribution < -0.4 is 9.64 Å². The molecule has 0 atom stereocenters. The molecule has 2 aromatic rings. The van der Waals surface area contributed by atoms with Crippen LogP contribution in [-0.2, 0) is 6.54 Å². The van der Waals surface area contributed by atoms with Gasteiger partial charge in [0.05, 0.1) is 19.8 Å². The number of aliphatic hydroxyl groups is 1. The third kappa shape index (κ3) is 3.61. The molecule has 0 aliphatic carbocycles. The Balaban J connectivity index is 1.64. The summed E-state index contributed by atoms with van der Waals surface area (Å²) >= 11 is 0. The van der Waals surface area contributed by atoms with Gasteiger partial charge < -0.3 is 14.7 Å². The summed E-state index contributed by atoms with van der Waals surface area (Å²) in [6, 6.07) is 3.97. The predicted molar refractivity (Wildman–Crippen MR) is 86.7 cm³/mol. The standard InChI is InChI=1S/C16H23N5O2/c1-2-23-16-11-15(17-12-18-16)20-7-4-13(5-8-20)14-3-6-19-21(14)9-10-22/h3,6,11-13,22H,2,4-5,7-10H2,1H3. The predicted octanol–water partition coefficient (Wildman–Crippen LogP) is 1.45. The van der Waals surface area contributed by atoms with Crippen LogP contribution in [0.4, 0.5) is 5.82 Å². The van der Waals surface area contributed by atoms with Gasteiger partial charge in [-0.1, -0.05) is 0 Å². The van der Waals surface area contributed by atoms with E-state index in [1.165, 1.54) is 5.69 Å². The highest BCUT2D eigenvalue weighted by molar-refractivity contribution is 5.41. The lowest BCUT2D eigenvalue weighted by Crippen LogP contribution is -2.34. The minimum atomic E-state index is 0.120. The highest BCUT2D eigenvalue weighted by Gasteiger charge is 2.24. The van der Waals surface area contributed by atoms with E-state index in [2.05, 4.69) is 26.0 Å². The van der Waals surface area contributed by atoms with Crippen molar-refractivity contribution >= 4 is 5.82 Å². The van der Waals surface area contributed by atoms with Gasteiger partial charge in [0.15, 0.2) is 0 Å². The molecule has 23 heavy (non-hydrogen) atoms. The number of hydrogen-bond acceptors (Lipinski definition) is 6. The van der Waals surface area contributed by atoms with Crippen molar-refractivity contribution in [2.24, 2.45) is 0 Å². The average molecular weight is 317 g/mol. The van der Waals surface area contributed by atoms with E-state index in [1.807, 2.05) is 23.9 Å². The summed E-state index contributed by atoms with van der Waals surface area (Å²) in [5.74, 6) is 2.03. The smallest absolute Gasteiger partial charge is 0.218 e. The van der Waals surface area contributed by atoms with Gasteiger partial charge in [-0.15, -0.1) is 0 Å². The molecule has 1 saturated heterocycles. The van der Waals surface area contributed by atoms with E-state index in [0.717, 1.165) is 31.7 Å². The summed E-state index contributed by atoms with van der Waals surface area (Å²) < 4.78 is 7.36. The zero-order valence-corrected chi connectivity index (χ0v) is 13.4. The Kier molecular flexibility index (Phi) is 5.07. The number of ether oxygens (including phenoxy) is 1. The highest BCUT2D eigenvalue weighted by Crippen LogP contribution is 2.30. The molecule has 0 saturated carbocycles. The molecule has 1 aliphatic heterocycles. The minimum absolute atomic E-state index is 0.120. The number of hydrogen-bond donors (Lipinski definition) is 1. The largest absolute Gasteiger partial charge is 0.478 e. The van der Waals surface area contributed by atoms with Gasteiger partial charge in [0.2, 0.25) is 5.88 Å². The highest BCUT2D eigenvalue weighted by atomic mass is 16.5. The van der Waals surface area contributed by atoms with Crippen LogP contribution in [-0.4, -0.2) is 51.2 Å². The Morgan fingerprint density at radius 3 is 2.87 bits per heavy atom. The van der Waals surface area contributed by atoms with E-state index >= 15 is 0 Å². The lowest BCUT2D eigenvalue weighted by atomic mass is 9.93. The van der Waals surface area contributed by atoms with Gasteiger partial charge in [-0.2, -0.15) is 5.10 Å². The molecule has 1 fully saturated rings. The first kappa shape index (κ1) is 15.7. The van der Waals surface area contributed by atoms with Crippen LogP contribution in [0.15, 0.2) is 24.7 Å². The molecule has 124 valence electrons. The molecule has 0 bridgehead atoms. The fraction of sp³-hybridized carbons (Fsp3) is 0.562. The molecule has 3 heterocycles. The topological polar surface area (TPSA) is 76.3 Å². The van der Waals surface area contributed by atoms with Crippen molar-refractivity contribution in [1.29, 1.82) is 0 Å². The van der Waals surface area contributed by atoms with Crippen LogP contribution in [0.5, 0.6) is 5.88 Å². The van der Waals surface area contributed by atoms with Gasteiger partial charge >= 0.3 is 0 Å². The zero-order valence-electron chi connectivity index (χ0n) is 13.4. The maximum Gasteiger partial charge on any atom is 0.218 e. The number of aromatic nitrogens is 4. The van der Waals surface area contributed by atoms with Crippen LogP contribution >= 0.6 is 0 Å². The lowest BCUT2D eigenvalue weighted by Gasteiger charge is -2.33. The van der Waals surface area contributed by atoms with Crippen molar-refractivity contribution in [1.82, 2.24) is 19.7 Å². The van der Waals surface area contributed by atoms with Gasteiger partial charge in [0, 0.05) is 37.0 Å². The van der Waals surface area contributed by atoms with E-state index in [-0.39, 0.29) is 6.61 Å². The van der Waals surface area contributed by atoms with Crippen molar-refractivity contribution in [2.45, 2.75) is 32.2 Å². The van der Waals surface area contributed by atoms with Gasteiger partial charge in [-0.25, -0.2) is 9.97 Å². The molecule has 1 N–H and O–H groups in total. The van der Waals surface area contributed by atoms with E-state index in [9.17, 15) is 0 Å². The van der Waals surface area contributed by atoms with Crippen molar-refractivity contribution in [3.05, 3.63) is 30.4 Å². The molecule has 3 rings (SSSR count). The molecule has 7 nitrogen and oxygen atoms in total. The molecule has 0 spiro atoms. The Bertz CT molecular complexity index is 622. The number of piperidine rings is 1. The monoisotopic (exact) mass is 317 g/mol. The Hall–Kier alpha value is -2.15. The summed E-state index contributed by atoms with van der Waals surface area (Å²) in [4.78, 5) is 10.8. The SMILES string of the molecule is CCOc1cc(N2CCC(c3ccnn3CCO)CC2)ncn1. The summed E-state index contributed by atoms with van der Waals surface area (Å²) in [5, 5.41) is 13.4.